The summed E-state index contributed by atoms with van der Waals surface area (Å²) in [7, 11) is 0. The van der Waals surface area contributed by atoms with Gasteiger partial charge in [0.05, 0.1) is 0 Å². The molecule has 0 spiro atoms. The molecule has 3 aromatic rings. The first-order valence-electron chi connectivity index (χ1n) is 6.80. The Morgan fingerprint density at radius 1 is 1.20 bits per heavy atom. The van der Waals surface area contributed by atoms with Crippen molar-refractivity contribution in [3.05, 3.63) is 39.8 Å². The van der Waals surface area contributed by atoms with Crippen molar-refractivity contribution in [3.8, 4) is 0 Å². The average molecular weight is 285 g/mol. The fourth-order valence-electron chi connectivity index (χ4n) is 2.69. The van der Waals surface area contributed by atoms with Crippen LogP contribution in [0.1, 0.15) is 22.7 Å². The summed E-state index contributed by atoms with van der Waals surface area (Å²) in [5.41, 5.74) is 2.24. The first kappa shape index (κ1) is 11.8. The molecule has 0 N–H and O–H groups in total. The maximum absolute atomic E-state index is 4.68. The number of rotatable bonds is 1. The molecule has 3 aromatic heterocycles. The molecule has 0 aromatic carbocycles. The summed E-state index contributed by atoms with van der Waals surface area (Å²) in [5.74, 6) is 1.83. The van der Waals surface area contributed by atoms with Gasteiger partial charge in [0, 0.05) is 18.0 Å². The lowest BCUT2D eigenvalue weighted by atomic mass is 10.2. The minimum absolute atomic E-state index is 0.803. The molecule has 5 nitrogen and oxygen atoms in total. The molecule has 6 heteroatoms. The van der Waals surface area contributed by atoms with Crippen LogP contribution in [0.25, 0.3) is 5.65 Å². The fraction of sp³-hybridized carbons (Fsp3) is 0.357. The Morgan fingerprint density at radius 3 is 3.10 bits per heavy atom. The van der Waals surface area contributed by atoms with Gasteiger partial charge in [-0.25, -0.2) is 0 Å². The first-order valence-corrected chi connectivity index (χ1v) is 7.68. The van der Waals surface area contributed by atoms with Gasteiger partial charge in [-0.1, -0.05) is 0 Å². The van der Waals surface area contributed by atoms with Crippen LogP contribution in [-0.4, -0.2) is 26.4 Å². The maximum atomic E-state index is 4.68. The van der Waals surface area contributed by atoms with Crippen molar-refractivity contribution >= 4 is 22.8 Å². The molecule has 0 aliphatic carbocycles. The second-order valence-electron chi connectivity index (χ2n) is 5.10. The van der Waals surface area contributed by atoms with Gasteiger partial charge in [-0.3, -0.25) is 0 Å². The minimum Gasteiger partial charge on any atom is -0.351 e. The highest BCUT2D eigenvalue weighted by atomic mass is 32.1. The van der Waals surface area contributed by atoms with Crippen molar-refractivity contribution in [3.63, 3.8) is 0 Å². The zero-order valence-corrected chi connectivity index (χ0v) is 12.1. The van der Waals surface area contributed by atoms with Crippen molar-refractivity contribution in [1.29, 1.82) is 0 Å². The van der Waals surface area contributed by atoms with E-state index in [1.807, 2.05) is 34.9 Å². The summed E-state index contributed by atoms with van der Waals surface area (Å²) in [5, 5.41) is 15.0. The number of aromatic nitrogens is 4. The summed E-state index contributed by atoms with van der Waals surface area (Å²) in [4.78, 5) is 3.87. The van der Waals surface area contributed by atoms with Crippen LogP contribution in [-0.2, 0) is 13.0 Å². The summed E-state index contributed by atoms with van der Waals surface area (Å²) in [6.45, 7) is 3.91. The van der Waals surface area contributed by atoms with Crippen LogP contribution in [0, 0.1) is 6.92 Å². The largest absolute Gasteiger partial charge is 0.351 e. The predicted molar refractivity (Wildman–Crippen MR) is 79.2 cm³/mol. The van der Waals surface area contributed by atoms with Crippen LogP contribution >= 0.6 is 11.3 Å². The van der Waals surface area contributed by atoms with Crippen LogP contribution in [0.4, 0.5) is 5.82 Å². The standard InChI is InChI=1S/C14H15N5S/c1-10-15-16-13-4-5-14(17-19(10)13)18-7-2-3-12-11(9-18)6-8-20-12/h4-6,8H,2-3,7,9H2,1H3. The zero-order chi connectivity index (χ0) is 13.5. The van der Waals surface area contributed by atoms with Gasteiger partial charge < -0.3 is 4.90 Å². The van der Waals surface area contributed by atoms with E-state index in [0.29, 0.717) is 0 Å². The monoisotopic (exact) mass is 285 g/mol. The number of anilines is 1. The lowest BCUT2D eigenvalue weighted by Gasteiger charge is -2.21. The number of nitrogens with zero attached hydrogens (tertiary/aromatic N) is 5. The molecular formula is C14H15N5S. The first-order chi connectivity index (χ1) is 9.81. The molecule has 0 amide bonds. The predicted octanol–water partition coefficient (Wildman–Crippen LogP) is 2.45. The van der Waals surface area contributed by atoms with Crippen molar-refractivity contribution < 1.29 is 0 Å². The highest BCUT2D eigenvalue weighted by molar-refractivity contribution is 7.10. The molecule has 1 aliphatic heterocycles. The van der Waals surface area contributed by atoms with E-state index in [4.69, 9.17) is 0 Å². The smallest absolute Gasteiger partial charge is 0.178 e. The number of hydrogen-bond donors (Lipinski definition) is 0. The van der Waals surface area contributed by atoms with E-state index >= 15 is 0 Å². The molecule has 0 radical (unpaired) electrons. The molecule has 102 valence electrons. The van der Waals surface area contributed by atoms with E-state index in [1.54, 1.807) is 0 Å². The molecule has 1 aliphatic rings. The Hall–Kier alpha value is -1.95. The van der Waals surface area contributed by atoms with Crippen LogP contribution in [0.5, 0.6) is 0 Å². The fourth-order valence-corrected chi connectivity index (χ4v) is 3.64. The molecule has 0 unspecified atom stereocenters. The lowest BCUT2D eigenvalue weighted by Crippen LogP contribution is -2.24. The summed E-state index contributed by atoms with van der Waals surface area (Å²) in [6, 6.07) is 6.27. The van der Waals surface area contributed by atoms with Crippen molar-refractivity contribution in [2.45, 2.75) is 26.3 Å². The molecule has 20 heavy (non-hydrogen) atoms. The van der Waals surface area contributed by atoms with Gasteiger partial charge in [0.1, 0.15) is 5.82 Å². The molecular weight excluding hydrogens is 270 g/mol. The van der Waals surface area contributed by atoms with Gasteiger partial charge >= 0.3 is 0 Å². The normalized spacial score (nSPS) is 15.3. The molecule has 4 heterocycles. The molecule has 0 atom stereocenters. The van der Waals surface area contributed by atoms with Crippen LogP contribution in [0.2, 0.25) is 0 Å². The van der Waals surface area contributed by atoms with E-state index in [9.17, 15) is 0 Å². The zero-order valence-electron chi connectivity index (χ0n) is 11.3. The Morgan fingerprint density at radius 2 is 2.15 bits per heavy atom. The topological polar surface area (TPSA) is 46.3 Å². The molecule has 0 fully saturated rings. The highest BCUT2D eigenvalue weighted by Gasteiger charge is 2.17. The Balaban J connectivity index is 1.73. The van der Waals surface area contributed by atoms with Crippen molar-refractivity contribution in [1.82, 2.24) is 19.8 Å². The van der Waals surface area contributed by atoms with Gasteiger partial charge in [0.25, 0.3) is 0 Å². The summed E-state index contributed by atoms with van der Waals surface area (Å²) in [6.07, 6.45) is 2.35. The van der Waals surface area contributed by atoms with Gasteiger partial charge in [-0.15, -0.1) is 26.6 Å². The Bertz CT molecular complexity index is 760. The minimum atomic E-state index is 0.803. The third-order valence-electron chi connectivity index (χ3n) is 3.76. The van der Waals surface area contributed by atoms with E-state index in [0.717, 1.165) is 30.4 Å². The number of fused-ring (bicyclic) bond motifs is 2. The SMILES string of the molecule is Cc1nnc2ccc(N3CCCc4sccc4C3)nn12. The quantitative estimate of drug-likeness (QED) is 0.689. The Kier molecular flexibility index (Phi) is 2.70. The third kappa shape index (κ3) is 1.87. The van der Waals surface area contributed by atoms with Crippen LogP contribution < -0.4 is 4.90 Å². The van der Waals surface area contributed by atoms with E-state index < -0.39 is 0 Å². The van der Waals surface area contributed by atoms with E-state index in [-0.39, 0.29) is 0 Å². The lowest BCUT2D eigenvalue weighted by molar-refractivity contribution is 0.735. The third-order valence-corrected chi connectivity index (χ3v) is 4.78. The second kappa shape index (κ2) is 4.56. The van der Waals surface area contributed by atoms with Crippen molar-refractivity contribution in [2.24, 2.45) is 0 Å². The number of aryl methyl sites for hydroxylation is 2. The van der Waals surface area contributed by atoms with Crippen molar-refractivity contribution in [2.75, 3.05) is 11.4 Å². The molecule has 0 saturated carbocycles. The maximum Gasteiger partial charge on any atom is 0.178 e. The second-order valence-corrected chi connectivity index (χ2v) is 6.10. The molecule has 0 saturated heterocycles. The summed E-state index contributed by atoms with van der Waals surface area (Å²) >= 11 is 1.87. The number of hydrogen-bond acceptors (Lipinski definition) is 5. The van der Waals surface area contributed by atoms with E-state index in [2.05, 4.69) is 31.6 Å². The summed E-state index contributed by atoms with van der Waals surface area (Å²) < 4.78 is 1.81. The highest BCUT2D eigenvalue weighted by Crippen LogP contribution is 2.26. The van der Waals surface area contributed by atoms with Crippen LogP contribution in [0.15, 0.2) is 23.6 Å². The number of thiophene rings is 1. The Labute approximate surface area is 120 Å². The molecule has 0 bridgehead atoms. The van der Waals surface area contributed by atoms with Gasteiger partial charge in [0.2, 0.25) is 0 Å². The van der Waals surface area contributed by atoms with Gasteiger partial charge in [0.15, 0.2) is 11.5 Å². The van der Waals surface area contributed by atoms with Gasteiger partial charge in [-0.05, 0) is 48.9 Å². The van der Waals surface area contributed by atoms with Gasteiger partial charge in [-0.2, -0.15) is 4.52 Å². The molecule has 4 rings (SSSR count). The average Bonchev–Trinajstić information content (AvgIpc) is 3.00. The van der Waals surface area contributed by atoms with E-state index in [1.165, 1.54) is 23.3 Å². The van der Waals surface area contributed by atoms with Crippen LogP contribution in [0.3, 0.4) is 0 Å².